The number of rotatable bonds is 5. The van der Waals surface area contributed by atoms with Gasteiger partial charge in [-0.15, -0.1) is 0 Å². The first-order chi connectivity index (χ1) is 11.7. The van der Waals surface area contributed by atoms with Crippen LogP contribution in [-0.2, 0) is 4.79 Å². The number of halogens is 1. The molecule has 0 aliphatic carbocycles. The molecule has 1 N–H and O–H groups in total. The molecular weight excluding hydrogens is 415 g/mol. The lowest BCUT2D eigenvalue weighted by atomic mass is 10.1. The van der Waals surface area contributed by atoms with Crippen molar-refractivity contribution >= 4 is 45.5 Å². The van der Waals surface area contributed by atoms with Gasteiger partial charge in [-0.3, -0.25) is 4.79 Å². The quantitative estimate of drug-likeness (QED) is 0.379. The molecule has 0 saturated carbocycles. The molecule has 0 atom stereocenters. The topological polar surface area (TPSA) is 50.7 Å². The maximum atomic E-state index is 11.9. The first-order valence-electron chi connectivity index (χ1n) is 7.40. The molecule has 0 unspecified atom stereocenters. The van der Waals surface area contributed by atoms with E-state index in [-0.39, 0.29) is 12.5 Å². The number of amides is 1. The molecule has 0 fully saturated rings. The lowest BCUT2D eigenvalue weighted by Gasteiger charge is -2.08. The first-order valence-corrected chi connectivity index (χ1v) is 8.48. The van der Waals surface area contributed by atoms with Gasteiger partial charge in [0.25, 0.3) is 5.91 Å². The summed E-state index contributed by atoms with van der Waals surface area (Å²) in [5.41, 5.74) is 3.40. The Kier molecular flexibility index (Phi) is 5.43. The van der Waals surface area contributed by atoms with E-state index in [0.29, 0.717) is 5.75 Å². The van der Waals surface area contributed by atoms with Crippen LogP contribution in [0.25, 0.3) is 10.8 Å². The Labute approximate surface area is 153 Å². The summed E-state index contributed by atoms with van der Waals surface area (Å²) in [5.74, 6) is 0.384. The third-order valence-electron chi connectivity index (χ3n) is 3.36. The Hall–Kier alpha value is -2.41. The summed E-state index contributed by atoms with van der Waals surface area (Å²) >= 11 is 2.23. The highest BCUT2D eigenvalue weighted by Gasteiger charge is 2.04. The number of carbonyl (C=O) groups excluding carboxylic acids is 1. The van der Waals surface area contributed by atoms with Crippen molar-refractivity contribution in [1.82, 2.24) is 5.43 Å². The van der Waals surface area contributed by atoms with Crippen molar-refractivity contribution in [2.24, 2.45) is 5.10 Å². The molecule has 24 heavy (non-hydrogen) atoms. The minimum absolute atomic E-state index is 0.0856. The fourth-order valence-electron chi connectivity index (χ4n) is 2.26. The number of benzene rings is 3. The molecule has 0 aliphatic rings. The second-order valence-corrected chi connectivity index (χ2v) is 6.36. The highest BCUT2D eigenvalue weighted by molar-refractivity contribution is 14.1. The van der Waals surface area contributed by atoms with Crippen molar-refractivity contribution in [3.63, 3.8) is 0 Å². The summed E-state index contributed by atoms with van der Waals surface area (Å²) in [6.07, 6.45) is 1.61. The summed E-state index contributed by atoms with van der Waals surface area (Å²) in [6, 6.07) is 21.5. The third-order valence-corrected chi connectivity index (χ3v) is 4.03. The summed E-state index contributed by atoms with van der Waals surface area (Å²) in [7, 11) is 0. The summed E-state index contributed by atoms with van der Waals surface area (Å²) < 4.78 is 6.73. The highest BCUT2D eigenvalue weighted by atomic mass is 127. The van der Waals surface area contributed by atoms with Gasteiger partial charge in [0.1, 0.15) is 5.75 Å². The van der Waals surface area contributed by atoms with Crippen LogP contribution in [0.2, 0.25) is 0 Å². The highest BCUT2D eigenvalue weighted by Crippen LogP contribution is 2.24. The Morgan fingerprint density at radius 2 is 1.88 bits per heavy atom. The second-order valence-electron chi connectivity index (χ2n) is 5.11. The van der Waals surface area contributed by atoms with E-state index in [0.717, 1.165) is 19.9 Å². The van der Waals surface area contributed by atoms with Gasteiger partial charge in [-0.2, -0.15) is 5.10 Å². The van der Waals surface area contributed by atoms with E-state index in [1.807, 2.05) is 66.7 Å². The molecule has 3 rings (SSSR count). The van der Waals surface area contributed by atoms with Gasteiger partial charge in [0.2, 0.25) is 0 Å². The van der Waals surface area contributed by atoms with Crippen molar-refractivity contribution in [1.29, 1.82) is 0 Å². The number of hydrogen-bond acceptors (Lipinski definition) is 3. The average molecular weight is 430 g/mol. The monoisotopic (exact) mass is 430 g/mol. The van der Waals surface area contributed by atoms with Gasteiger partial charge < -0.3 is 4.74 Å². The molecule has 0 radical (unpaired) electrons. The molecule has 0 aromatic heterocycles. The van der Waals surface area contributed by atoms with Crippen molar-refractivity contribution in [2.45, 2.75) is 0 Å². The normalized spacial score (nSPS) is 10.9. The zero-order valence-corrected chi connectivity index (χ0v) is 14.9. The summed E-state index contributed by atoms with van der Waals surface area (Å²) in [4.78, 5) is 11.9. The lowest BCUT2D eigenvalue weighted by Crippen LogP contribution is -2.24. The number of hydrazone groups is 1. The molecular formula is C19H15IN2O2. The Morgan fingerprint density at radius 3 is 2.75 bits per heavy atom. The zero-order valence-electron chi connectivity index (χ0n) is 12.8. The Balaban J connectivity index is 1.57. The van der Waals surface area contributed by atoms with Crippen molar-refractivity contribution in [3.05, 3.63) is 75.9 Å². The van der Waals surface area contributed by atoms with E-state index >= 15 is 0 Å². The molecule has 120 valence electrons. The maximum Gasteiger partial charge on any atom is 0.277 e. The van der Waals surface area contributed by atoms with E-state index in [1.165, 1.54) is 0 Å². The minimum atomic E-state index is -0.301. The number of carbonyl (C=O) groups is 1. The molecule has 0 aliphatic heterocycles. The number of nitrogens with one attached hydrogen (secondary N) is 1. The van der Waals surface area contributed by atoms with Gasteiger partial charge in [0.05, 0.1) is 6.21 Å². The van der Waals surface area contributed by atoms with Crippen LogP contribution in [0.1, 0.15) is 5.56 Å². The fraction of sp³-hybridized carbons (Fsp3) is 0.0526. The van der Waals surface area contributed by atoms with Gasteiger partial charge >= 0.3 is 0 Å². The fourth-order valence-corrected chi connectivity index (χ4v) is 2.83. The van der Waals surface area contributed by atoms with Gasteiger partial charge in [0, 0.05) is 8.96 Å². The van der Waals surface area contributed by atoms with E-state index < -0.39 is 0 Å². The van der Waals surface area contributed by atoms with Crippen LogP contribution in [0.5, 0.6) is 5.75 Å². The Morgan fingerprint density at radius 1 is 1.08 bits per heavy atom. The molecule has 3 aromatic rings. The molecule has 0 heterocycles. The predicted octanol–water partition coefficient (Wildman–Crippen LogP) is 3.97. The van der Waals surface area contributed by atoms with Crippen LogP contribution in [0.4, 0.5) is 0 Å². The van der Waals surface area contributed by atoms with Gasteiger partial charge in [-0.1, -0.05) is 48.5 Å². The van der Waals surface area contributed by atoms with E-state index in [9.17, 15) is 4.79 Å². The Bertz CT molecular complexity index is 888. The number of ether oxygens (including phenoxy) is 1. The predicted molar refractivity (Wildman–Crippen MR) is 104 cm³/mol. The van der Waals surface area contributed by atoms with Crippen molar-refractivity contribution in [2.75, 3.05) is 6.61 Å². The van der Waals surface area contributed by atoms with Gasteiger partial charge in [0.15, 0.2) is 6.61 Å². The van der Waals surface area contributed by atoms with Crippen LogP contribution in [0, 0.1) is 3.57 Å². The molecule has 0 spiro atoms. The molecule has 5 heteroatoms. The minimum Gasteiger partial charge on any atom is -0.483 e. The zero-order chi connectivity index (χ0) is 16.8. The van der Waals surface area contributed by atoms with E-state index in [1.54, 1.807) is 6.21 Å². The molecule has 4 nitrogen and oxygen atoms in total. The summed E-state index contributed by atoms with van der Waals surface area (Å²) in [5, 5.41) is 6.01. The smallest absolute Gasteiger partial charge is 0.277 e. The third kappa shape index (κ3) is 4.32. The van der Waals surface area contributed by atoms with Crippen LogP contribution in [-0.4, -0.2) is 18.7 Å². The van der Waals surface area contributed by atoms with Gasteiger partial charge in [-0.05, 0) is 51.7 Å². The molecule has 3 aromatic carbocycles. The van der Waals surface area contributed by atoms with E-state index in [4.69, 9.17) is 4.74 Å². The summed E-state index contributed by atoms with van der Waals surface area (Å²) in [6.45, 7) is -0.0856. The number of hydrogen-bond donors (Lipinski definition) is 1. The number of nitrogens with zero attached hydrogens (tertiary/aromatic N) is 1. The van der Waals surface area contributed by atoms with Crippen molar-refractivity contribution < 1.29 is 9.53 Å². The van der Waals surface area contributed by atoms with Crippen LogP contribution >= 0.6 is 22.6 Å². The van der Waals surface area contributed by atoms with Crippen LogP contribution in [0.3, 0.4) is 0 Å². The molecule has 0 saturated heterocycles. The van der Waals surface area contributed by atoms with Crippen LogP contribution in [0.15, 0.2) is 71.8 Å². The maximum absolute atomic E-state index is 11.9. The molecule has 0 bridgehead atoms. The van der Waals surface area contributed by atoms with Crippen LogP contribution < -0.4 is 10.2 Å². The standard InChI is InChI=1S/C19H15IN2O2/c20-16-8-3-5-14(11-16)12-21-22-19(23)13-24-18-10-4-7-15-6-1-2-9-17(15)18/h1-12H,13H2,(H,22,23). The number of fused-ring (bicyclic) bond motifs is 1. The van der Waals surface area contributed by atoms with Gasteiger partial charge in [-0.25, -0.2) is 5.43 Å². The molecule has 1 amide bonds. The lowest BCUT2D eigenvalue weighted by molar-refractivity contribution is -0.123. The largest absolute Gasteiger partial charge is 0.483 e. The SMILES string of the molecule is O=C(COc1cccc2ccccc12)NN=Cc1cccc(I)c1. The average Bonchev–Trinajstić information content (AvgIpc) is 2.60. The van der Waals surface area contributed by atoms with E-state index in [2.05, 4.69) is 33.1 Å². The van der Waals surface area contributed by atoms with Crippen molar-refractivity contribution in [3.8, 4) is 5.75 Å². The second kappa shape index (κ2) is 7.92. The first kappa shape index (κ1) is 16.4.